The van der Waals surface area contributed by atoms with Gasteiger partial charge in [0.15, 0.2) is 11.8 Å². The van der Waals surface area contributed by atoms with E-state index in [0.29, 0.717) is 16.5 Å². The van der Waals surface area contributed by atoms with Gasteiger partial charge in [-0.2, -0.15) is 0 Å². The molecular formula is C19H22ClNO6. The van der Waals surface area contributed by atoms with Crippen molar-refractivity contribution in [1.82, 2.24) is 0 Å². The van der Waals surface area contributed by atoms with Crippen molar-refractivity contribution in [2.24, 2.45) is 0 Å². The number of hydrogen-bond donors (Lipinski definition) is 1. The van der Waals surface area contributed by atoms with Crippen LogP contribution < -0.4 is 10.1 Å². The van der Waals surface area contributed by atoms with Crippen molar-refractivity contribution in [3.63, 3.8) is 0 Å². The fraction of sp³-hybridized carbons (Fsp3) is 0.368. The molecule has 8 heteroatoms. The summed E-state index contributed by atoms with van der Waals surface area (Å²) in [5.41, 5.74) is 1.54. The van der Waals surface area contributed by atoms with Crippen LogP contribution in [0.2, 0.25) is 5.02 Å². The zero-order chi connectivity index (χ0) is 20.0. The first-order valence-electron chi connectivity index (χ1n) is 8.49. The quantitative estimate of drug-likeness (QED) is 0.673. The van der Waals surface area contributed by atoms with Gasteiger partial charge in [0, 0.05) is 16.8 Å². The second kappa shape index (κ2) is 9.32. The van der Waals surface area contributed by atoms with Gasteiger partial charge in [-0.3, -0.25) is 0 Å². The summed E-state index contributed by atoms with van der Waals surface area (Å²) in [7, 11) is 0. The Morgan fingerprint density at radius 3 is 2.48 bits per heavy atom. The lowest BCUT2D eigenvalue weighted by atomic mass is 10.1. The molecule has 0 bridgehead atoms. The molecule has 2 rings (SSSR count). The molecular weight excluding hydrogens is 374 g/mol. The lowest BCUT2D eigenvalue weighted by Crippen LogP contribution is -2.23. The van der Waals surface area contributed by atoms with Crippen LogP contribution >= 0.6 is 11.6 Å². The summed E-state index contributed by atoms with van der Waals surface area (Å²) in [6.07, 6.45) is -0.845. The second-order valence-electron chi connectivity index (χ2n) is 5.64. The van der Waals surface area contributed by atoms with Crippen LogP contribution in [-0.2, 0) is 14.3 Å². The van der Waals surface area contributed by atoms with Crippen molar-refractivity contribution in [3.8, 4) is 5.75 Å². The standard InChI is InChI=1S/C19H22ClNO6/c1-5-24-18(22)17(21-14-8-7-13(20)9-11(14)3)16-10-15(12(4)26-16)27-19(23)25-6-2/h7-10,17,21H,5-6H2,1-4H3. The molecule has 0 spiro atoms. The van der Waals surface area contributed by atoms with Gasteiger partial charge < -0.3 is 23.9 Å². The smallest absolute Gasteiger partial charge is 0.464 e. The van der Waals surface area contributed by atoms with Crippen LogP contribution in [0.4, 0.5) is 10.5 Å². The molecule has 1 unspecified atom stereocenters. The maximum Gasteiger partial charge on any atom is 0.513 e. The first-order chi connectivity index (χ1) is 12.8. The highest BCUT2D eigenvalue weighted by molar-refractivity contribution is 6.30. The minimum Gasteiger partial charge on any atom is -0.464 e. The molecule has 0 aliphatic heterocycles. The number of halogens is 1. The number of anilines is 1. The zero-order valence-corrected chi connectivity index (χ0v) is 16.4. The van der Waals surface area contributed by atoms with Crippen molar-refractivity contribution in [1.29, 1.82) is 0 Å². The second-order valence-corrected chi connectivity index (χ2v) is 6.08. The first kappa shape index (κ1) is 20.6. The fourth-order valence-corrected chi connectivity index (χ4v) is 2.61. The van der Waals surface area contributed by atoms with E-state index in [2.05, 4.69) is 5.32 Å². The fourth-order valence-electron chi connectivity index (χ4n) is 2.38. The Morgan fingerprint density at radius 1 is 1.15 bits per heavy atom. The van der Waals surface area contributed by atoms with Gasteiger partial charge in [-0.05, 0) is 51.5 Å². The largest absolute Gasteiger partial charge is 0.513 e. The molecule has 1 atom stereocenters. The van der Waals surface area contributed by atoms with Crippen LogP contribution in [0.3, 0.4) is 0 Å². The summed E-state index contributed by atoms with van der Waals surface area (Å²) in [6.45, 7) is 7.26. The predicted octanol–water partition coefficient (Wildman–Crippen LogP) is 4.80. The molecule has 1 aromatic carbocycles. The van der Waals surface area contributed by atoms with Crippen molar-refractivity contribution in [3.05, 3.63) is 46.4 Å². The van der Waals surface area contributed by atoms with Gasteiger partial charge in [0.2, 0.25) is 0 Å². The van der Waals surface area contributed by atoms with Gasteiger partial charge >= 0.3 is 12.1 Å². The van der Waals surface area contributed by atoms with Crippen LogP contribution in [-0.4, -0.2) is 25.3 Å². The molecule has 0 saturated carbocycles. The van der Waals surface area contributed by atoms with Gasteiger partial charge in [0.05, 0.1) is 13.2 Å². The number of nitrogens with one attached hydrogen (secondary N) is 1. The Bertz CT molecular complexity index is 817. The summed E-state index contributed by atoms with van der Waals surface area (Å²) < 4.78 is 20.6. The van der Waals surface area contributed by atoms with Gasteiger partial charge in [-0.25, -0.2) is 9.59 Å². The number of rotatable bonds is 7. The molecule has 1 N–H and O–H groups in total. The van der Waals surface area contributed by atoms with Crippen molar-refractivity contribution >= 4 is 29.4 Å². The average molecular weight is 396 g/mol. The highest BCUT2D eigenvalue weighted by atomic mass is 35.5. The van der Waals surface area contributed by atoms with E-state index in [0.717, 1.165) is 5.56 Å². The van der Waals surface area contributed by atoms with E-state index in [4.69, 9.17) is 30.2 Å². The lowest BCUT2D eigenvalue weighted by Gasteiger charge is -2.18. The minimum atomic E-state index is -0.928. The third-order valence-electron chi connectivity index (χ3n) is 3.64. The van der Waals surface area contributed by atoms with E-state index >= 15 is 0 Å². The third kappa shape index (κ3) is 5.40. The molecule has 7 nitrogen and oxygen atoms in total. The Labute approximate surface area is 162 Å². The predicted molar refractivity (Wildman–Crippen MR) is 100 cm³/mol. The number of esters is 1. The topological polar surface area (TPSA) is 87.0 Å². The number of carbonyl (C=O) groups excluding carboxylic acids is 2. The van der Waals surface area contributed by atoms with Crippen molar-refractivity contribution in [2.75, 3.05) is 18.5 Å². The SMILES string of the molecule is CCOC(=O)Oc1cc(C(Nc2ccc(Cl)cc2C)C(=O)OCC)oc1C. The van der Waals surface area contributed by atoms with E-state index in [-0.39, 0.29) is 24.7 Å². The molecule has 0 fully saturated rings. The van der Waals surface area contributed by atoms with Crippen molar-refractivity contribution in [2.45, 2.75) is 33.7 Å². The molecule has 146 valence electrons. The lowest BCUT2D eigenvalue weighted by molar-refractivity contribution is -0.144. The van der Waals surface area contributed by atoms with Gasteiger partial charge in [-0.1, -0.05) is 11.6 Å². The maximum atomic E-state index is 12.5. The number of ether oxygens (including phenoxy) is 3. The molecule has 0 saturated heterocycles. The third-order valence-corrected chi connectivity index (χ3v) is 3.88. The molecule has 1 aromatic heterocycles. The summed E-state index contributed by atoms with van der Waals surface area (Å²) in [5, 5.41) is 3.68. The van der Waals surface area contributed by atoms with Crippen molar-refractivity contribution < 1.29 is 28.2 Å². The summed E-state index contributed by atoms with van der Waals surface area (Å²) in [4.78, 5) is 24.0. The van der Waals surface area contributed by atoms with E-state index in [1.165, 1.54) is 6.07 Å². The van der Waals surface area contributed by atoms with Crippen LogP contribution in [0.5, 0.6) is 5.75 Å². The minimum absolute atomic E-state index is 0.173. The van der Waals surface area contributed by atoms with Gasteiger partial charge in [-0.15, -0.1) is 0 Å². The van der Waals surface area contributed by atoms with E-state index in [1.54, 1.807) is 39.0 Å². The highest BCUT2D eigenvalue weighted by Gasteiger charge is 2.28. The average Bonchev–Trinajstić information content (AvgIpc) is 2.94. The number of hydrogen-bond acceptors (Lipinski definition) is 7. The van der Waals surface area contributed by atoms with Crippen LogP contribution in [0.1, 0.15) is 37.0 Å². The number of aryl methyl sites for hydroxylation is 2. The Hall–Kier alpha value is -2.67. The Balaban J connectivity index is 2.31. The summed E-state index contributed by atoms with van der Waals surface area (Å²) in [5.74, 6) is 0.234. The monoisotopic (exact) mass is 395 g/mol. The highest BCUT2D eigenvalue weighted by Crippen LogP contribution is 2.31. The molecule has 27 heavy (non-hydrogen) atoms. The molecule has 0 aliphatic rings. The zero-order valence-electron chi connectivity index (χ0n) is 15.6. The van der Waals surface area contributed by atoms with E-state index in [1.807, 2.05) is 6.92 Å². The molecule has 0 radical (unpaired) electrons. The Kier molecular flexibility index (Phi) is 7.12. The number of benzene rings is 1. The summed E-state index contributed by atoms with van der Waals surface area (Å²) in [6, 6.07) is 5.78. The van der Waals surface area contributed by atoms with E-state index in [9.17, 15) is 9.59 Å². The molecule has 0 aliphatic carbocycles. The molecule has 0 amide bonds. The van der Waals surface area contributed by atoms with Gasteiger partial charge in [0.25, 0.3) is 0 Å². The van der Waals surface area contributed by atoms with Crippen LogP contribution in [0.15, 0.2) is 28.7 Å². The normalized spacial score (nSPS) is 11.6. The first-order valence-corrected chi connectivity index (χ1v) is 8.87. The van der Waals surface area contributed by atoms with E-state index < -0.39 is 18.2 Å². The van der Waals surface area contributed by atoms with Gasteiger partial charge in [0.1, 0.15) is 11.5 Å². The molecule has 1 heterocycles. The number of carbonyl (C=O) groups is 2. The maximum absolute atomic E-state index is 12.5. The summed E-state index contributed by atoms with van der Waals surface area (Å²) >= 11 is 5.98. The van der Waals surface area contributed by atoms with Crippen LogP contribution in [0, 0.1) is 13.8 Å². The number of furan rings is 1. The van der Waals surface area contributed by atoms with Crippen LogP contribution in [0.25, 0.3) is 0 Å². The Morgan fingerprint density at radius 2 is 1.85 bits per heavy atom. The molecule has 2 aromatic rings.